The molecule has 4 heteroatoms. The number of nitrogens with zero attached hydrogens (tertiary/aromatic N) is 1. The first-order valence-electron chi connectivity index (χ1n) is 5.07. The normalized spacial score (nSPS) is 12.5. The van der Waals surface area contributed by atoms with Crippen molar-refractivity contribution in [1.82, 2.24) is 4.98 Å². The van der Waals surface area contributed by atoms with Gasteiger partial charge in [-0.3, -0.25) is 0 Å². The predicted molar refractivity (Wildman–Crippen MR) is 60.0 cm³/mol. The minimum absolute atomic E-state index is 0.378. The average molecular weight is 210 g/mol. The molecule has 1 aromatic heterocycles. The molecule has 1 aromatic rings. The second kappa shape index (κ2) is 6.37. The lowest BCUT2D eigenvalue weighted by molar-refractivity contribution is 0.0615. The van der Waals surface area contributed by atoms with Crippen molar-refractivity contribution in [2.24, 2.45) is 0 Å². The minimum atomic E-state index is -0.410. The molecule has 2 N–H and O–H groups in total. The molecule has 0 radical (unpaired) electrons. The fourth-order valence-electron chi connectivity index (χ4n) is 1.28. The lowest BCUT2D eigenvalue weighted by atomic mass is 10.2. The van der Waals surface area contributed by atoms with Crippen molar-refractivity contribution in [1.29, 1.82) is 0 Å². The summed E-state index contributed by atoms with van der Waals surface area (Å²) in [6.07, 6.45) is 0.246. The van der Waals surface area contributed by atoms with Gasteiger partial charge in [-0.2, -0.15) is 0 Å². The van der Waals surface area contributed by atoms with Gasteiger partial charge in [0.25, 0.3) is 0 Å². The van der Waals surface area contributed by atoms with E-state index >= 15 is 0 Å². The van der Waals surface area contributed by atoms with Crippen LogP contribution in [0, 0.1) is 6.92 Å². The Balaban J connectivity index is 2.25. The maximum Gasteiger partial charge on any atom is 0.126 e. The van der Waals surface area contributed by atoms with E-state index in [1.54, 1.807) is 7.11 Å². The first-order chi connectivity index (χ1) is 7.22. The summed E-state index contributed by atoms with van der Waals surface area (Å²) in [4.78, 5) is 4.29. The van der Waals surface area contributed by atoms with Gasteiger partial charge in [0.05, 0.1) is 12.7 Å². The van der Waals surface area contributed by atoms with Crippen LogP contribution in [0.1, 0.15) is 12.1 Å². The summed E-state index contributed by atoms with van der Waals surface area (Å²) < 4.78 is 4.83. The van der Waals surface area contributed by atoms with Gasteiger partial charge in [-0.15, -0.1) is 0 Å². The Labute approximate surface area is 90.3 Å². The zero-order valence-corrected chi connectivity index (χ0v) is 9.23. The first-order valence-corrected chi connectivity index (χ1v) is 5.07. The van der Waals surface area contributed by atoms with Crippen molar-refractivity contribution in [3.63, 3.8) is 0 Å². The number of hydrogen-bond donors (Lipinski definition) is 2. The minimum Gasteiger partial charge on any atom is -0.391 e. The largest absolute Gasteiger partial charge is 0.391 e. The van der Waals surface area contributed by atoms with Crippen LogP contribution in [-0.4, -0.2) is 36.5 Å². The Morgan fingerprint density at radius 1 is 1.53 bits per heavy atom. The SMILES string of the molecule is COC[C@@H](O)CCNc1cccc(C)n1. The molecule has 4 nitrogen and oxygen atoms in total. The van der Waals surface area contributed by atoms with Crippen molar-refractivity contribution < 1.29 is 9.84 Å². The Morgan fingerprint density at radius 3 is 3.00 bits per heavy atom. The van der Waals surface area contributed by atoms with Crippen LogP contribution in [0.25, 0.3) is 0 Å². The zero-order valence-electron chi connectivity index (χ0n) is 9.23. The molecule has 0 aliphatic carbocycles. The Kier molecular flexibility index (Phi) is 5.07. The molecular formula is C11H18N2O2. The quantitative estimate of drug-likeness (QED) is 0.740. The number of aliphatic hydroxyl groups is 1. The van der Waals surface area contributed by atoms with E-state index in [1.807, 2.05) is 25.1 Å². The second-order valence-electron chi connectivity index (χ2n) is 3.49. The van der Waals surface area contributed by atoms with Gasteiger partial charge in [-0.1, -0.05) is 6.07 Å². The zero-order chi connectivity index (χ0) is 11.1. The van der Waals surface area contributed by atoms with Crippen LogP contribution in [-0.2, 0) is 4.74 Å². The Morgan fingerprint density at radius 2 is 2.33 bits per heavy atom. The molecule has 0 saturated heterocycles. The van der Waals surface area contributed by atoms with Gasteiger partial charge >= 0.3 is 0 Å². The number of aliphatic hydroxyl groups excluding tert-OH is 1. The third kappa shape index (κ3) is 4.76. The summed E-state index contributed by atoms with van der Waals surface area (Å²) in [6, 6.07) is 5.82. The topological polar surface area (TPSA) is 54.4 Å². The lowest BCUT2D eigenvalue weighted by Gasteiger charge is -2.10. The summed E-state index contributed by atoms with van der Waals surface area (Å²) in [7, 11) is 1.58. The lowest BCUT2D eigenvalue weighted by Crippen LogP contribution is -2.18. The number of hydrogen-bond acceptors (Lipinski definition) is 4. The third-order valence-electron chi connectivity index (χ3n) is 2.03. The van der Waals surface area contributed by atoms with Gasteiger partial charge < -0.3 is 15.2 Å². The van der Waals surface area contributed by atoms with Crippen LogP contribution in [0.5, 0.6) is 0 Å². The van der Waals surface area contributed by atoms with Gasteiger partial charge in [-0.25, -0.2) is 4.98 Å². The number of anilines is 1. The summed E-state index contributed by atoms with van der Waals surface area (Å²) in [5.41, 5.74) is 0.984. The van der Waals surface area contributed by atoms with Crippen LogP contribution in [0.2, 0.25) is 0 Å². The van der Waals surface area contributed by atoms with Crippen molar-refractivity contribution in [2.75, 3.05) is 25.6 Å². The molecule has 1 rings (SSSR count). The number of ether oxygens (including phenoxy) is 1. The van der Waals surface area contributed by atoms with Crippen LogP contribution >= 0.6 is 0 Å². The smallest absolute Gasteiger partial charge is 0.126 e. The molecule has 0 fully saturated rings. The van der Waals surface area contributed by atoms with Crippen molar-refractivity contribution in [3.05, 3.63) is 23.9 Å². The number of rotatable bonds is 6. The van der Waals surface area contributed by atoms with Gasteiger partial charge in [0.2, 0.25) is 0 Å². The van der Waals surface area contributed by atoms with Gasteiger partial charge in [-0.05, 0) is 25.5 Å². The average Bonchev–Trinajstić information content (AvgIpc) is 2.18. The summed E-state index contributed by atoms with van der Waals surface area (Å²) in [6.45, 7) is 3.02. The van der Waals surface area contributed by atoms with Crippen LogP contribution < -0.4 is 5.32 Å². The van der Waals surface area contributed by atoms with Crippen molar-refractivity contribution >= 4 is 5.82 Å². The molecule has 0 aliphatic heterocycles. The molecule has 0 bridgehead atoms. The fourth-order valence-corrected chi connectivity index (χ4v) is 1.28. The van der Waals surface area contributed by atoms with Gasteiger partial charge in [0.15, 0.2) is 0 Å². The van der Waals surface area contributed by atoms with E-state index in [-0.39, 0.29) is 0 Å². The first kappa shape index (κ1) is 11.9. The molecular weight excluding hydrogens is 192 g/mol. The molecule has 1 heterocycles. The third-order valence-corrected chi connectivity index (χ3v) is 2.03. The molecule has 15 heavy (non-hydrogen) atoms. The summed E-state index contributed by atoms with van der Waals surface area (Å²) >= 11 is 0. The number of nitrogens with one attached hydrogen (secondary N) is 1. The number of methoxy groups -OCH3 is 1. The van der Waals surface area contributed by atoms with Crippen molar-refractivity contribution in [2.45, 2.75) is 19.4 Å². The van der Waals surface area contributed by atoms with Gasteiger partial charge in [0.1, 0.15) is 5.82 Å². The maximum atomic E-state index is 9.40. The van der Waals surface area contributed by atoms with E-state index in [0.29, 0.717) is 19.6 Å². The van der Waals surface area contributed by atoms with Crippen molar-refractivity contribution in [3.8, 4) is 0 Å². The Hall–Kier alpha value is -1.13. The second-order valence-corrected chi connectivity index (χ2v) is 3.49. The van der Waals surface area contributed by atoms with Crippen LogP contribution in [0.15, 0.2) is 18.2 Å². The van der Waals surface area contributed by atoms with E-state index in [4.69, 9.17) is 4.74 Å². The predicted octanol–water partition coefficient (Wildman–Crippen LogP) is 1.20. The standard InChI is InChI=1S/C11H18N2O2/c1-9-4-3-5-11(13-9)12-7-6-10(14)8-15-2/h3-5,10,14H,6-8H2,1-2H3,(H,12,13)/t10-/m0/s1. The van der Waals surface area contributed by atoms with Crippen LogP contribution in [0.3, 0.4) is 0 Å². The monoisotopic (exact) mass is 210 g/mol. The number of pyridine rings is 1. The molecule has 0 spiro atoms. The molecule has 0 unspecified atom stereocenters. The number of aromatic nitrogens is 1. The highest BCUT2D eigenvalue weighted by Crippen LogP contribution is 2.04. The number of aryl methyl sites for hydroxylation is 1. The highest BCUT2D eigenvalue weighted by molar-refractivity contribution is 5.34. The molecule has 1 atom stereocenters. The molecule has 0 aromatic carbocycles. The van der Waals surface area contributed by atoms with E-state index in [9.17, 15) is 5.11 Å². The molecule has 0 aliphatic rings. The van der Waals surface area contributed by atoms with E-state index in [0.717, 1.165) is 11.5 Å². The fraction of sp³-hybridized carbons (Fsp3) is 0.545. The van der Waals surface area contributed by atoms with Gasteiger partial charge in [0, 0.05) is 19.3 Å². The summed E-state index contributed by atoms with van der Waals surface area (Å²) in [5.74, 6) is 0.847. The molecule has 84 valence electrons. The van der Waals surface area contributed by atoms with E-state index in [2.05, 4.69) is 10.3 Å². The summed E-state index contributed by atoms with van der Waals surface area (Å²) in [5, 5.41) is 12.5. The van der Waals surface area contributed by atoms with E-state index < -0.39 is 6.10 Å². The van der Waals surface area contributed by atoms with E-state index in [1.165, 1.54) is 0 Å². The molecule has 0 saturated carbocycles. The highest BCUT2D eigenvalue weighted by Gasteiger charge is 2.02. The van der Waals surface area contributed by atoms with Crippen LogP contribution in [0.4, 0.5) is 5.82 Å². The maximum absolute atomic E-state index is 9.40. The molecule has 0 amide bonds. The highest BCUT2D eigenvalue weighted by atomic mass is 16.5. The Bertz CT molecular complexity index is 292.